The number of rotatable bonds is 4. The van der Waals surface area contributed by atoms with Crippen molar-refractivity contribution in [2.45, 2.75) is 32.6 Å². The summed E-state index contributed by atoms with van der Waals surface area (Å²) in [6.07, 6.45) is 6.75. The number of guanidine groups is 1. The van der Waals surface area contributed by atoms with Crippen LogP contribution in [0.3, 0.4) is 0 Å². The summed E-state index contributed by atoms with van der Waals surface area (Å²) in [5, 5.41) is 3.34. The standard InChI is InChI=1S/C21H30N4O.HI/c1-2-22-21(23-17-20(26)24-13-7-4-8-14-24)25-15-11-19(12-16-25)18-9-5-3-6-10-18;/h3,5-6,9-11H,2,4,7-8,12-17H2,1H3,(H,22,23);1H. The third kappa shape index (κ3) is 6.23. The van der Waals surface area contributed by atoms with E-state index in [1.807, 2.05) is 4.90 Å². The molecular weight excluding hydrogens is 451 g/mol. The van der Waals surface area contributed by atoms with Crippen LogP contribution in [-0.4, -0.2) is 60.9 Å². The number of hydrogen-bond acceptors (Lipinski definition) is 2. The maximum absolute atomic E-state index is 12.4. The van der Waals surface area contributed by atoms with Crippen molar-refractivity contribution in [3.05, 3.63) is 42.0 Å². The van der Waals surface area contributed by atoms with Crippen LogP contribution in [0.15, 0.2) is 41.4 Å². The average Bonchev–Trinajstić information content (AvgIpc) is 2.72. The SMILES string of the molecule is CCNC(=NCC(=O)N1CCCCC1)N1CC=C(c2ccccc2)CC1.I. The van der Waals surface area contributed by atoms with Crippen LogP contribution >= 0.6 is 24.0 Å². The first kappa shape index (κ1) is 21.7. The number of carbonyl (C=O) groups excluding carboxylic acids is 1. The molecule has 0 aromatic heterocycles. The van der Waals surface area contributed by atoms with E-state index in [1.54, 1.807) is 0 Å². The lowest BCUT2D eigenvalue weighted by atomic mass is 10.00. The molecule has 0 aliphatic carbocycles. The zero-order valence-electron chi connectivity index (χ0n) is 16.2. The Hall–Kier alpha value is -1.57. The van der Waals surface area contributed by atoms with Gasteiger partial charge in [-0.1, -0.05) is 36.4 Å². The van der Waals surface area contributed by atoms with Crippen molar-refractivity contribution in [3.8, 4) is 0 Å². The molecule has 0 saturated carbocycles. The summed E-state index contributed by atoms with van der Waals surface area (Å²) in [5.74, 6) is 0.999. The molecule has 1 saturated heterocycles. The smallest absolute Gasteiger partial charge is 0.244 e. The Labute approximate surface area is 179 Å². The van der Waals surface area contributed by atoms with Gasteiger partial charge in [0.05, 0.1) is 0 Å². The number of hydrogen-bond donors (Lipinski definition) is 1. The number of likely N-dealkylation sites (tertiary alicyclic amines) is 1. The molecule has 5 nitrogen and oxygen atoms in total. The summed E-state index contributed by atoms with van der Waals surface area (Å²) in [6.45, 7) is 6.64. The van der Waals surface area contributed by atoms with E-state index in [1.165, 1.54) is 17.6 Å². The molecule has 3 rings (SSSR count). The molecule has 2 heterocycles. The third-order valence-corrected chi connectivity index (χ3v) is 5.06. The van der Waals surface area contributed by atoms with Gasteiger partial charge in [-0.15, -0.1) is 24.0 Å². The molecule has 0 spiro atoms. The van der Waals surface area contributed by atoms with Crippen molar-refractivity contribution in [2.75, 3.05) is 39.3 Å². The number of amides is 1. The Bertz CT molecular complexity index is 653. The van der Waals surface area contributed by atoms with E-state index in [-0.39, 0.29) is 36.4 Å². The lowest BCUT2D eigenvalue weighted by Crippen LogP contribution is -2.44. The summed E-state index contributed by atoms with van der Waals surface area (Å²) in [4.78, 5) is 21.2. The number of carbonyl (C=O) groups is 1. The van der Waals surface area contributed by atoms with E-state index in [2.05, 4.69) is 58.5 Å². The molecule has 2 aliphatic rings. The summed E-state index contributed by atoms with van der Waals surface area (Å²) in [6, 6.07) is 10.5. The zero-order chi connectivity index (χ0) is 18.2. The van der Waals surface area contributed by atoms with Crippen LogP contribution in [0.5, 0.6) is 0 Å². The van der Waals surface area contributed by atoms with Gasteiger partial charge in [-0.05, 0) is 43.7 Å². The maximum atomic E-state index is 12.4. The predicted octanol–water partition coefficient (Wildman–Crippen LogP) is 3.37. The van der Waals surface area contributed by atoms with E-state index >= 15 is 0 Å². The summed E-state index contributed by atoms with van der Waals surface area (Å²) in [7, 11) is 0. The monoisotopic (exact) mass is 482 g/mol. The zero-order valence-corrected chi connectivity index (χ0v) is 18.5. The highest BCUT2D eigenvalue weighted by molar-refractivity contribution is 14.0. The minimum Gasteiger partial charge on any atom is -0.356 e. The number of nitrogens with zero attached hydrogens (tertiary/aromatic N) is 3. The van der Waals surface area contributed by atoms with Crippen LogP contribution in [0.25, 0.3) is 5.57 Å². The second-order valence-electron chi connectivity index (χ2n) is 6.90. The number of piperidine rings is 1. The quantitative estimate of drug-likeness (QED) is 0.407. The second-order valence-corrected chi connectivity index (χ2v) is 6.90. The van der Waals surface area contributed by atoms with Gasteiger partial charge < -0.3 is 15.1 Å². The van der Waals surface area contributed by atoms with Crippen LogP contribution in [0.2, 0.25) is 0 Å². The van der Waals surface area contributed by atoms with Gasteiger partial charge >= 0.3 is 0 Å². The van der Waals surface area contributed by atoms with Crippen molar-refractivity contribution >= 4 is 41.4 Å². The molecule has 148 valence electrons. The van der Waals surface area contributed by atoms with E-state index in [0.717, 1.165) is 57.9 Å². The van der Waals surface area contributed by atoms with Gasteiger partial charge in [-0.25, -0.2) is 4.99 Å². The molecule has 1 amide bonds. The lowest BCUT2D eigenvalue weighted by molar-refractivity contribution is -0.130. The number of benzene rings is 1. The Morgan fingerprint density at radius 2 is 1.81 bits per heavy atom. The van der Waals surface area contributed by atoms with Crippen LogP contribution in [0, 0.1) is 0 Å². The van der Waals surface area contributed by atoms with Gasteiger partial charge in [0.15, 0.2) is 5.96 Å². The fraction of sp³-hybridized carbons (Fsp3) is 0.524. The van der Waals surface area contributed by atoms with Crippen molar-refractivity contribution in [2.24, 2.45) is 4.99 Å². The minimum atomic E-state index is 0. The predicted molar refractivity (Wildman–Crippen MR) is 122 cm³/mol. The van der Waals surface area contributed by atoms with E-state index in [0.29, 0.717) is 0 Å². The Balaban J connectivity index is 0.00000261. The highest BCUT2D eigenvalue weighted by Gasteiger charge is 2.19. The Morgan fingerprint density at radius 3 is 2.44 bits per heavy atom. The minimum absolute atomic E-state index is 0. The Morgan fingerprint density at radius 1 is 1.07 bits per heavy atom. The van der Waals surface area contributed by atoms with E-state index in [9.17, 15) is 4.79 Å². The van der Waals surface area contributed by atoms with Gasteiger partial charge in [0, 0.05) is 32.7 Å². The summed E-state index contributed by atoms with van der Waals surface area (Å²) < 4.78 is 0. The first-order valence-electron chi connectivity index (χ1n) is 9.83. The molecule has 0 bridgehead atoms. The van der Waals surface area contributed by atoms with Crippen LogP contribution in [0.1, 0.15) is 38.2 Å². The normalized spacial score (nSPS) is 17.8. The molecular formula is C21H31IN4O. The second kappa shape index (κ2) is 11.3. The number of aliphatic imine (C=N–C) groups is 1. The maximum Gasteiger partial charge on any atom is 0.244 e. The molecule has 1 aromatic rings. The topological polar surface area (TPSA) is 47.9 Å². The van der Waals surface area contributed by atoms with Crippen LogP contribution < -0.4 is 5.32 Å². The molecule has 2 aliphatic heterocycles. The summed E-state index contributed by atoms with van der Waals surface area (Å²) in [5.41, 5.74) is 2.69. The van der Waals surface area contributed by atoms with Crippen molar-refractivity contribution in [1.29, 1.82) is 0 Å². The van der Waals surface area contributed by atoms with Crippen LogP contribution in [-0.2, 0) is 4.79 Å². The van der Waals surface area contributed by atoms with Crippen molar-refractivity contribution in [3.63, 3.8) is 0 Å². The van der Waals surface area contributed by atoms with Gasteiger partial charge in [-0.3, -0.25) is 4.79 Å². The molecule has 0 unspecified atom stereocenters. The molecule has 1 N–H and O–H groups in total. The number of nitrogens with one attached hydrogen (secondary N) is 1. The first-order valence-corrected chi connectivity index (χ1v) is 9.83. The van der Waals surface area contributed by atoms with Crippen LogP contribution in [0.4, 0.5) is 0 Å². The number of halogens is 1. The lowest BCUT2D eigenvalue weighted by Gasteiger charge is -2.30. The molecule has 0 radical (unpaired) electrons. The van der Waals surface area contributed by atoms with Gasteiger partial charge in [0.2, 0.25) is 5.91 Å². The fourth-order valence-corrected chi connectivity index (χ4v) is 3.59. The third-order valence-electron chi connectivity index (χ3n) is 5.06. The molecule has 0 atom stereocenters. The Kier molecular flexibility index (Phi) is 9.10. The fourth-order valence-electron chi connectivity index (χ4n) is 3.59. The molecule has 1 fully saturated rings. The van der Waals surface area contributed by atoms with E-state index in [4.69, 9.17) is 0 Å². The highest BCUT2D eigenvalue weighted by atomic mass is 127. The molecule has 27 heavy (non-hydrogen) atoms. The van der Waals surface area contributed by atoms with Gasteiger partial charge in [0.25, 0.3) is 0 Å². The van der Waals surface area contributed by atoms with E-state index < -0.39 is 0 Å². The molecule has 6 heteroatoms. The highest BCUT2D eigenvalue weighted by Crippen LogP contribution is 2.22. The average molecular weight is 482 g/mol. The van der Waals surface area contributed by atoms with Gasteiger partial charge in [0.1, 0.15) is 6.54 Å². The molecule has 1 aromatic carbocycles. The largest absolute Gasteiger partial charge is 0.356 e. The first-order chi connectivity index (χ1) is 12.8. The van der Waals surface area contributed by atoms with Crippen molar-refractivity contribution in [1.82, 2.24) is 15.1 Å². The summed E-state index contributed by atoms with van der Waals surface area (Å²) >= 11 is 0. The van der Waals surface area contributed by atoms with Crippen molar-refractivity contribution < 1.29 is 4.79 Å². The van der Waals surface area contributed by atoms with Gasteiger partial charge in [-0.2, -0.15) is 0 Å².